The molecule has 0 aromatic carbocycles. The van der Waals surface area contributed by atoms with E-state index in [1.165, 1.54) is 39.9 Å². The average Bonchev–Trinajstić information content (AvgIpc) is 3.91. The number of nitrogens with two attached hydrogens (primary N) is 2. The van der Waals surface area contributed by atoms with E-state index in [0.717, 1.165) is 0 Å². The molecule has 8 rings (SSSR count). The molecule has 27 nitrogen and oxygen atoms in total. The van der Waals surface area contributed by atoms with Gasteiger partial charge in [-0.3, -0.25) is 27.1 Å². The number of aliphatic hydroxyl groups is 6. The fourth-order valence-corrected chi connectivity index (χ4v) is 8.09. The number of aliphatic hydroxyl groups excluding tert-OH is 6. The van der Waals surface area contributed by atoms with Gasteiger partial charge in [-0.25, -0.2) is 34.4 Å². The van der Waals surface area contributed by atoms with Crippen molar-refractivity contribution >= 4 is 66.3 Å². The maximum absolute atomic E-state index is 12.2. The van der Waals surface area contributed by atoms with Gasteiger partial charge in [0.25, 0.3) is 11.8 Å². The van der Waals surface area contributed by atoms with Crippen LogP contribution in [0.4, 0.5) is 11.5 Å². The molecule has 2 saturated heterocycles. The zero-order valence-corrected chi connectivity index (χ0v) is 32.2. The van der Waals surface area contributed by atoms with E-state index in [1.807, 2.05) is 0 Å². The Morgan fingerprint density at radius 2 is 1.17 bits per heavy atom. The topological polar surface area (TPSA) is 411 Å². The van der Waals surface area contributed by atoms with E-state index in [4.69, 9.17) is 29.3 Å². The molecular formula is C31H37N11O16S2. The van der Waals surface area contributed by atoms with Crippen molar-refractivity contribution in [1.29, 1.82) is 0 Å². The summed E-state index contributed by atoms with van der Waals surface area (Å²) in [5, 5.41) is 60.7. The van der Waals surface area contributed by atoms with Gasteiger partial charge in [-0.15, -0.1) is 0 Å². The van der Waals surface area contributed by atoms with Crippen molar-refractivity contribution < 1.29 is 74.9 Å². The summed E-state index contributed by atoms with van der Waals surface area (Å²) in [6, 6.07) is 1.53. The second kappa shape index (κ2) is 16.6. The number of carbonyl (C=O) groups is 2. The monoisotopic (exact) mass is 883 g/mol. The van der Waals surface area contributed by atoms with Crippen molar-refractivity contribution in [3.05, 3.63) is 53.5 Å². The van der Waals surface area contributed by atoms with Gasteiger partial charge in [0.1, 0.15) is 60.1 Å². The highest BCUT2D eigenvalue weighted by Crippen LogP contribution is 2.36. The van der Waals surface area contributed by atoms with Crippen LogP contribution in [0.1, 0.15) is 24.1 Å². The SMILES string of the molecule is Nc1ccnc2c1nc1n2[C@@H]2O[C@H](COS(=O)(=O)NC(=O)/C(CO)=C\C1)[C@@H](O)[C@H]2O.Nc1ncnc2c1nc1n2[C@@H]2O[C@H](COS(=O)(=O)NC(=O)/C(CO)=C\C1)[C@@H](O)[C@H]2O. The summed E-state index contributed by atoms with van der Waals surface area (Å²) in [5.74, 6) is -1.64. The molecule has 0 unspecified atom stereocenters. The van der Waals surface area contributed by atoms with Crippen LogP contribution >= 0.6 is 0 Å². The summed E-state index contributed by atoms with van der Waals surface area (Å²) in [4.78, 5) is 45.3. The number of allylic oxidation sites excluding steroid dienone is 2. The molecule has 60 heavy (non-hydrogen) atoms. The van der Waals surface area contributed by atoms with Crippen LogP contribution in [0.25, 0.3) is 22.3 Å². The molecule has 0 radical (unpaired) electrons. The Balaban J connectivity index is 0.000000181. The van der Waals surface area contributed by atoms with Crippen molar-refractivity contribution in [3.63, 3.8) is 0 Å². The van der Waals surface area contributed by atoms with Gasteiger partial charge in [-0.1, -0.05) is 12.2 Å². The van der Waals surface area contributed by atoms with Crippen molar-refractivity contribution in [2.45, 2.75) is 61.9 Å². The van der Waals surface area contributed by atoms with E-state index in [2.05, 4.69) is 24.9 Å². The summed E-state index contributed by atoms with van der Waals surface area (Å²) in [6.07, 6.45) is -5.81. The number of carbonyl (C=O) groups excluding carboxylic acids is 2. The Hall–Kier alpha value is -5.31. The minimum absolute atomic E-state index is 0.0595. The molecule has 4 bridgehead atoms. The van der Waals surface area contributed by atoms with Crippen LogP contribution < -0.4 is 20.9 Å². The maximum Gasteiger partial charge on any atom is 0.362 e. The number of aromatic nitrogens is 7. The highest BCUT2D eigenvalue weighted by molar-refractivity contribution is 7.85. The number of hydrogen-bond donors (Lipinski definition) is 10. The molecule has 4 aliphatic heterocycles. The first kappa shape index (κ1) is 42.8. The van der Waals surface area contributed by atoms with Crippen molar-refractivity contribution in [1.82, 2.24) is 43.5 Å². The molecule has 12 N–H and O–H groups in total. The number of nitrogen functional groups attached to an aromatic ring is 2. The van der Waals surface area contributed by atoms with Gasteiger partial charge in [-0.05, 0) is 6.07 Å². The molecular weight excluding hydrogens is 847 g/mol. The van der Waals surface area contributed by atoms with Gasteiger partial charge in [0, 0.05) is 30.2 Å². The molecule has 0 saturated carbocycles. The lowest BCUT2D eigenvalue weighted by Gasteiger charge is -2.19. The third-order valence-electron chi connectivity index (χ3n) is 9.64. The lowest BCUT2D eigenvalue weighted by molar-refractivity contribution is -0.117. The average molecular weight is 884 g/mol. The van der Waals surface area contributed by atoms with Crippen LogP contribution in [0.3, 0.4) is 0 Å². The van der Waals surface area contributed by atoms with Crippen LogP contribution in [0.2, 0.25) is 0 Å². The zero-order chi connectivity index (χ0) is 43.3. The van der Waals surface area contributed by atoms with E-state index < -0.39 is 108 Å². The number of ether oxygens (including phenoxy) is 2. The number of nitrogens with zero attached hydrogens (tertiary/aromatic N) is 7. The Morgan fingerprint density at radius 3 is 1.65 bits per heavy atom. The number of rotatable bonds is 2. The van der Waals surface area contributed by atoms with Crippen molar-refractivity contribution in [3.8, 4) is 0 Å². The number of amides is 2. The molecule has 29 heteroatoms. The number of fused-ring (bicyclic) bond motifs is 12. The summed E-state index contributed by atoms with van der Waals surface area (Å²) >= 11 is 0. The predicted octanol–water partition coefficient (Wildman–Crippen LogP) is -5.63. The van der Waals surface area contributed by atoms with E-state index in [1.54, 1.807) is 9.44 Å². The van der Waals surface area contributed by atoms with Gasteiger partial charge in [0.05, 0.1) is 32.1 Å². The van der Waals surface area contributed by atoms with Crippen molar-refractivity contribution in [2.75, 3.05) is 37.9 Å². The number of pyridine rings is 1. The highest BCUT2D eigenvalue weighted by atomic mass is 32.2. The molecule has 4 aromatic rings. The molecule has 4 aliphatic rings. The second-order valence-corrected chi connectivity index (χ2v) is 16.1. The van der Waals surface area contributed by atoms with E-state index >= 15 is 0 Å². The lowest BCUT2D eigenvalue weighted by Crippen LogP contribution is -2.38. The molecule has 324 valence electrons. The Labute approximate surface area is 337 Å². The summed E-state index contributed by atoms with van der Waals surface area (Å²) < 4.78 is 74.8. The summed E-state index contributed by atoms with van der Waals surface area (Å²) in [5.41, 5.74) is 12.6. The Morgan fingerprint density at radius 1 is 0.700 bits per heavy atom. The van der Waals surface area contributed by atoms with Crippen LogP contribution in [0.15, 0.2) is 41.9 Å². The predicted molar refractivity (Wildman–Crippen MR) is 197 cm³/mol. The van der Waals surface area contributed by atoms with E-state index in [9.17, 15) is 57.1 Å². The molecule has 8 heterocycles. The first-order valence-electron chi connectivity index (χ1n) is 17.6. The van der Waals surface area contributed by atoms with E-state index in [-0.39, 0.29) is 58.3 Å². The maximum atomic E-state index is 12.2. The lowest BCUT2D eigenvalue weighted by atomic mass is 10.1. The zero-order valence-electron chi connectivity index (χ0n) is 30.6. The third kappa shape index (κ3) is 8.24. The molecule has 2 fully saturated rings. The fourth-order valence-electron chi connectivity index (χ4n) is 6.63. The van der Waals surface area contributed by atoms with Gasteiger partial charge < -0.3 is 51.6 Å². The standard InChI is InChI=1S/C16H19N5O8S.C15H18N6O8S/c17-8-3-4-18-14-11(8)19-10-2-1-7(5-22)15(25)20-30(26,27)28-6-9-12(23)13(24)16(29-9)21(10)14;16-12-9-13(18-5-17-12)21-8(19-9)2-1-6(3-22)14(25)20-30(26,27)28-4-7-10(23)11(24)15(21)29-7/h1,3-4,9,12-13,16,22-24H,2,5-6H2,(H2,17,18)(H,20,25);1,5,7,10-11,15,22-24H,2-4H2,(H,20,25)(H2,16,17,18)/b7-1-;6-1-/t9-,12-,13-,16-;7-,10-,11-,15-/m11/s1. The van der Waals surface area contributed by atoms with Crippen molar-refractivity contribution in [2.24, 2.45) is 0 Å². The van der Waals surface area contributed by atoms with E-state index in [0.29, 0.717) is 11.2 Å². The Bertz CT molecular complexity index is 2440. The molecule has 2 amide bonds. The minimum Gasteiger partial charge on any atom is -0.397 e. The van der Waals surface area contributed by atoms with Gasteiger partial charge in [-0.2, -0.15) is 16.8 Å². The smallest absolute Gasteiger partial charge is 0.362 e. The molecule has 8 atom stereocenters. The third-order valence-corrected chi connectivity index (χ3v) is 11.4. The highest BCUT2D eigenvalue weighted by Gasteiger charge is 2.47. The first-order chi connectivity index (χ1) is 28.4. The number of nitrogens with one attached hydrogen (secondary N) is 2. The van der Waals surface area contributed by atoms with Gasteiger partial charge in [0.15, 0.2) is 35.1 Å². The number of anilines is 2. The summed E-state index contributed by atoms with van der Waals surface area (Å²) in [6.45, 7) is -2.86. The van der Waals surface area contributed by atoms with Crippen LogP contribution in [-0.2, 0) is 60.9 Å². The first-order valence-corrected chi connectivity index (χ1v) is 20.4. The molecule has 0 aliphatic carbocycles. The summed E-state index contributed by atoms with van der Waals surface area (Å²) in [7, 11) is -9.11. The van der Waals surface area contributed by atoms with Crippen LogP contribution in [0.5, 0.6) is 0 Å². The van der Waals surface area contributed by atoms with Crippen LogP contribution in [0, 0.1) is 0 Å². The van der Waals surface area contributed by atoms with Gasteiger partial charge in [0.2, 0.25) is 0 Å². The normalized spacial score (nSPS) is 31.0. The number of imidazole rings is 2. The molecule has 0 spiro atoms. The second-order valence-electron chi connectivity index (χ2n) is 13.4. The fraction of sp³-hybridized carbons (Fsp3) is 0.452. The van der Waals surface area contributed by atoms with Gasteiger partial charge >= 0.3 is 20.6 Å². The number of hydrogen-bond acceptors (Lipinski definition) is 23. The quantitative estimate of drug-likeness (QED) is 0.0897. The molecule has 4 aromatic heterocycles. The van der Waals surface area contributed by atoms with Crippen LogP contribution in [-0.4, -0.2) is 156 Å². The Kier molecular flexibility index (Phi) is 11.9. The minimum atomic E-state index is -4.56. The largest absolute Gasteiger partial charge is 0.397 e.